The van der Waals surface area contributed by atoms with Gasteiger partial charge in [-0.2, -0.15) is 0 Å². The van der Waals surface area contributed by atoms with Gasteiger partial charge in [0.2, 0.25) is 0 Å². The van der Waals surface area contributed by atoms with Crippen LogP contribution >= 0.6 is 23.2 Å². The molecule has 0 amide bonds. The third-order valence-electron chi connectivity index (χ3n) is 2.79. The number of carboxylic acid groups (broad SMARTS) is 1. The number of carboxylic acids is 1. The van der Waals surface area contributed by atoms with Crippen LogP contribution in [0.5, 0.6) is 0 Å². The predicted octanol–water partition coefficient (Wildman–Crippen LogP) is 4.26. The summed E-state index contributed by atoms with van der Waals surface area (Å²) in [7, 11) is 0. The molecule has 0 bridgehead atoms. The number of halogens is 2. The number of rotatable bonds is 4. The van der Waals surface area contributed by atoms with Gasteiger partial charge in [0.15, 0.2) is 0 Å². The number of hydrogen-bond donors (Lipinski definition) is 2. The molecule has 1 heterocycles. The van der Waals surface area contributed by atoms with E-state index >= 15 is 0 Å². The summed E-state index contributed by atoms with van der Waals surface area (Å²) >= 11 is 12.0. The van der Waals surface area contributed by atoms with E-state index in [9.17, 15) is 4.79 Å². The number of benzene rings is 1. The maximum absolute atomic E-state index is 10.8. The Balaban J connectivity index is 2.19. The lowest BCUT2D eigenvalue weighted by Crippen LogP contribution is -2.09. The summed E-state index contributed by atoms with van der Waals surface area (Å²) < 4.78 is 0. The van der Waals surface area contributed by atoms with Gasteiger partial charge >= 0.3 is 5.97 Å². The summed E-state index contributed by atoms with van der Waals surface area (Å²) in [5, 5.41) is 12.9. The number of nitrogens with zero attached hydrogens (tertiary/aromatic N) is 1. The molecule has 4 nitrogen and oxygen atoms in total. The Morgan fingerprint density at radius 2 is 2.10 bits per heavy atom. The third-order valence-corrected chi connectivity index (χ3v) is 3.31. The number of hydrogen-bond acceptors (Lipinski definition) is 3. The summed E-state index contributed by atoms with van der Waals surface area (Å²) in [6.07, 6.45) is 1.27. The van der Waals surface area contributed by atoms with Gasteiger partial charge in [-0.1, -0.05) is 35.3 Å². The number of carbonyl (C=O) groups is 1. The van der Waals surface area contributed by atoms with Gasteiger partial charge in [0.25, 0.3) is 0 Å². The SMILES string of the molecule is CC(Nc1ncc(C(=O)O)cc1Cl)c1cccc(Cl)c1. The van der Waals surface area contributed by atoms with Crippen molar-refractivity contribution in [3.05, 3.63) is 57.7 Å². The predicted molar refractivity (Wildman–Crippen MR) is 79.7 cm³/mol. The summed E-state index contributed by atoms with van der Waals surface area (Å²) in [6, 6.07) is 8.74. The molecular formula is C14H12Cl2N2O2. The highest BCUT2D eigenvalue weighted by molar-refractivity contribution is 6.33. The van der Waals surface area contributed by atoms with E-state index in [-0.39, 0.29) is 16.6 Å². The van der Waals surface area contributed by atoms with E-state index in [1.54, 1.807) is 6.07 Å². The topological polar surface area (TPSA) is 62.2 Å². The average molecular weight is 311 g/mol. The summed E-state index contributed by atoms with van der Waals surface area (Å²) in [4.78, 5) is 14.8. The van der Waals surface area contributed by atoms with Gasteiger partial charge in [-0.3, -0.25) is 0 Å². The highest BCUT2D eigenvalue weighted by Crippen LogP contribution is 2.26. The maximum atomic E-state index is 10.8. The van der Waals surface area contributed by atoms with Crippen molar-refractivity contribution in [3.63, 3.8) is 0 Å². The van der Waals surface area contributed by atoms with Gasteiger partial charge in [-0.05, 0) is 30.7 Å². The van der Waals surface area contributed by atoms with Crippen LogP contribution in [0.25, 0.3) is 0 Å². The van der Waals surface area contributed by atoms with Crippen molar-refractivity contribution < 1.29 is 9.90 Å². The zero-order valence-electron chi connectivity index (χ0n) is 10.6. The Morgan fingerprint density at radius 3 is 2.70 bits per heavy atom. The number of pyridine rings is 1. The van der Waals surface area contributed by atoms with Gasteiger partial charge in [-0.25, -0.2) is 9.78 Å². The molecule has 0 saturated carbocycles. The molecule has 20 heavy (non-hydrogen) atoms. The smallest absolute Gasteiger partial charge is 0.337 e. The monoisotopic (exact) mass is 310 g/mol. The fraction of sp³-hybridized carbons (Fsp3) is 0.143. The van der Waals surface area contributed by atoms with E-state index in [4.69, 9.17) is 28.3 Å². The van der Waals surface area contributed by atoms with Crippen LogP contribution in [0.4, 0.5) is 5.82 Å². The van der Waals surface area contributed by atoms with Crippen molar-refractivity contribution in [2.24, 2.45) is 0 Å². The number of nitrogens with one attached hydrogen (secondary N) is 1. The number of anilines is 1. The van der Waals surface area contributed by atoms with E-state index < -0.39 is 5.97 Å². The Labute approximate surface area is 126 Å². The summed E-state index contributed by atoms with van der Waals surface area (Å²) in [5.74, 6) is -0.627. The molecule has 1 aromatic carbocycles. The van der Waals surface area contributed by atoms with Crippen LogP contribution in [0, 0.1) is 0 Å². The maximum Gasteiger partial charge on any atom is 0.337 e. The normalized spacial score (nSPS) is 11.9. The Hall–Kier alpha value is -1.78. The first-order chi connectivity index (χ1) is 9.47. The first kappa shape index (κ1) is 14.6. The van der Waals surface area contributed by atoms with Crippen LogP contribution in [0.1, 0.15) is 28.9 Å². The molecule has 0 aliphatic rings. The Kier molecular flexibility index (Phi) is 4.47. The molecule has 0 spiro atoms. The van der Waals surface area contributed by atoms with E-state index in [2.05, 4.69) is 10.3 Å². The molecule has 6 heteroatoms. The Bertz CT molecular complexity index is 647. The van der Waals surface area contributed by atoms with E-state index in [1.165, 1.54) is 12.3 Å². The van der Waals surface area contributed by atoms with Crippen molar-refractivity contribution in [1.82, 2.24) is 4.98 Å². The van der Waals surface area contributed by atoms with Gasteiger partial charge in [0, 0.05) is 11.2 Å². The highest BCUT2D eigenvalue weighted by Gasteiger charge is 2.12. The van der Waals surface area contributed by atoms with Crippen LogP contribution in [-0.2, 0) is 0 Å². The fourth-order valence-corrected chi connectivity index (χ4v) is 2.15. The van der Waals surface area contributed by atoms with Gasteiger partial charge in [0.1, 0.15) is 5.82 Å². The second-order valence-corrected chi connectivity index (χ2v) is 5.12. The van der Waals surface area contributed by atoms with Gasteiger partial charge < -0.3 is 10.4 Å². The second kappa shape index (κ2) is 6.11. The molecule has 1 aromatic heterocycles. The fourth-order valence-electron chi connectivity index (χ4n) is 1.73. The molecule has 104 valence electrons. The molecule has 2 aromatic rings. The summed E-state index contributed by atoms with van der Waals surface area (Å²) in [5.41, 5.74) is 1.04. The lowest BCUT2D eigenvalue weighted by molar-refractivity contribution is 0.0696. The average Bonchev–Trinajstić information content (AvgIpc) is 2.40. The molecule has 0 aliphatic carbocycles. The van der Waals surface area contributed by atoms with E-state index in [0.29, 0.717) is 10.8 Å². The minimum absolute atomic E-state index is 0.0518. The molecule has 0 fully saturated rings. The zero-order valence-corrected chi connectivity index (χ0v) is 12.1. The molecule has 2 N–H and O–H groups in total. The molecule has 1 atom stereocenters. The van der Waals surface area contributed by atoms with Gasteiger partial charge in [0.05, 0.1) is 16.6 Å². The zero-order chi connectivity index (χ0) is 14.7. The molecule has 0 aliphatic heterocycles. The number of aromatic nitrogens is 1. The largest absolute Gasteiger partial charge is 0.478 e. The highest BCUT2D eigenvalue weighted by atomic mass is 35.5. The molecule has 2 rings (SSSR count). The van der Waals surface area contributed by atoms with Crippen molar-refractivity contribution in [2.45, 2.75) is 13.0 Å². The van der Waals surface area contributed by atoms with E-state index in [1.807, 2.05) is 25.1 Å². The van der Waals surface area contributed by atoms with Crippen LogP contribution in [0.15, 0.2) is 36.5 Å². The molecule has 0 radical (unpaired) electrons. The molecular weight excluding hydrogens is 299 g/mol. The van der Waals surface area contributed by atoms with Crippen molar-refractivity contribution in [3.8, 4) is 0 Å². The van der Waals surface area contributed by atoms with Crippen molar-refractivity contribution >= 4 is 35.0 Å². The molecule has 1 unspecified atom stereocenters. The first-order valence-electron chi connectivity index (χ1n) is 5.88. The van der Waals surface area contributed by atoms with E-state index in [0.717, 1.165) is 5.56 Å². The lowest BCUT2D eigenvalue weighted by Gasteiger charge is -2.16. The number of aromatic carboxylic acids is 1. The van der Waals surface area contributed by atoms with Crippen molar-refractivity contribution in [2.75, 3.05) is 5.32 Å². The molecule has 0 saturated heterocycles. The lowest BCUT2D eigenvalue weighted by atomic mass is 10.1. The minimum atomic E-state index is -1.06. The quantitative estimate of drug-likeness (QED) is 0.885. The second-order valence-electron chi connectivity index (χ2n) is 4.28. The van der Waals surface area contributed by atoms with Crippen LogP contribution < -0.4 is 5.32 Å². The van der Waals surface area contributed by atoms with Crippen molar-refractivity contribution in [1.29, 1.82) is 0 Å². The minimum Gasteiger partial charge on any atom is -0.478 e. The Morgan fingerprint density at radius 1 is 1.35 bits per heavy atom. The van der Waals surface area contributed by atoms with Crippen LogP contribution in [-0.4, -0.2) is 16.1 Å². The van der Waals surface area contributed by atoms with Crippen LogP contribution in [0.3, 0.4) is 0 Å². The first-order valence-corrected chi connectivity index (χ1v) is 6.64. The summed E-state index contributed by atoms with van der Waals surface area (Å²) in [6.45, 7) is 1.94. The van der Waals surface area contributed by atoms with Gasteiger partial charge in [-0.15, -0.1) is 0 Å². The third kappa shape index (κ3) is 3.40. The van der Waals surface area contributed by atoms with Crippen LogP contribution in [0.2, 0.25) is 10.0 Å². The standard InChI is InChI=1S/C14H12Cl2N2O2/c1-8(9-3-2-4-11(15)5-9)18-13-12(16)6-10(7-17-13)14(19)20/h2-8H,1H3,(H,17,18)(H,19,20).